The second-order valence-electron chi connectivity index (χ2n) is 9.88. The molecule has 0 saturated carbocycles. The molecule has 3 heterocycles. The third-order valence-electron chi connectivity index (χ3n) is 7.25. The fourth-order valence-corrected chi connectivity index (χ4v) is 5.24. The number of nitro groups is 1. The van der Waals surface area contributed by atoms with Crippen LogP contribution in [0.2, 0.25) is 0 Å². The number of nitrogens with zero attached hydrogens (tertiary/aromatic N) is 3. The summed E-state index contributed by atoms with van der Waals surface area (Å²) in [7, 11) is 0. The van der Waals surface area contributed by atoms with Crippen molar-refractivity contribution >= 4 is 34.2 Å². The maximum absolute atomic E-state index is 13.3. The zero-order chi connectivity index (χ0) is 26.8. The van der Waals surface area contributed by atoms with E-state index in [4.69, 9.17) is 0 Å². The van der Waals surface area contributed by atoms with Gasteiger partial charge in [-0.1, -0.05) is 42.8 Å². The summed E-state index contributed by atoms with van der Waals surface area (Å²) in [6.45, 7) is 3.12. The average molecular weight is 521 g/mol. The van der Waals surface area contributed by atoms with E-state index in [1.807, 2.05) is 42.6 Å². The number of nitrogens with one attached hydrogen (secondary N) is 3. The normalized spacial score (nSPS) is 16.5. The van der Waals surface area contributed by atoms with Crippen molar-refractivity contribution < 1.29 is 9.72 Å². The van der Waals surface area contributed by atoms with Crippen LogP contribution in [-0.4, -0.2) is 38.8 Å². The van der Waals surface area contributed by atoms with Crippen LogP contribution in [0.3, 0.4) is 0 Å². The van der Waals surface area contributed by atoms with Gasteiger partial charge in [0.05, 0.1) is 28.2 Å². The summed E-state index contributed by atoms with van der Waals surface area (Å²) in [6, 6.07) is 20.4. The lowest BCUT2D eigenvalue weighted by Gasteiger charge is -2.26. The number of H-pyrrole nitrogens is 1. The minimum atomic E-state index is -0.447. The van der Waals surface area contributed by atoms with Gasteiger partial charge in [0.1, 0.15) is 0 Å². The molecule has 0 aliphatic carbocycles. The first-order valence-corrected chi connectivity index (χ1v) is 13.1. The molecule has 3 aromatic carbocycles. The molecule has 196 valence electrons. The highest BCUT2D eigenvalue weighted by molar-refractivity contribution is 6.37. The van der Waals surface area contributed by atoms with Crippen LogP contribution in [0, 0.1) is 10.1 Å². The summed E-state index contributed by atoms with van der Waals surface area (Å²) in [5, 5.41) is 17.8. The molecule has 0 unspecified atom stereocenters. The van der Waals surface area contributed by atoms with Gasteiger partial charge in [-0.3, -0.25) is 19.8 Å². The predicted molar refractivity (Wildman–Crippen MR) is 152 cm³/mol. The maximum Gasteiger partial charge on any atom is 0.270 e. The van der Waals surface area contributed by atoms with Crippen molar-refractivity contribution in [1.82, 2.24) is 14.9 Å². The van der Waals surface area contributed by atoms with Gasteiger partial charge >= 0.3 is 0 Å². The van der Waals surface area contributed by atoms with Gasteiger partial charge in [0.15, 0.2) is 0 Å². The van der Waals surface area contributed by atoms with E-state index in [1.54, 1.807) is 12.4 Å². The van der Waals surface area contributed by atoms with Gasteiger partial charge in [-0.2, -0.15) is 0 Å². The zero-order valence-corrected chi connectivity index (χ0v) is 21.3. The Labute approximate surface area is 225 Å². The number of hydrogen-bond donors (Lipinski definition) is 3. The van der Waals surface area contributed by atoms with Crippen molar-refractivity contribution in [1.29, 1.82) is 0 Å². The molecule has 1 amide bonds. The first-order chi connectivity index (χ1) is 19.0. The SMILES string of the molecule is O=C1Nc2ccc([N+](=O)[O-])cc2/C1=C(/Nc1ccc(-c2c[nH]cn2)cc1)c1ccc(CN2CCCCC2)cc1. The number of aromatic amines is 1. The van der Waals surface area contributed by atoms with Gasteiger partial charge in [0.2, 0.25) is 0 Å². The summed E-state index contributed by atoms with van der Waals surface area (Å²) < 4.78 is 0. The summed E-state index contributed by atoms with van der Waals surface area (Å²) >= 11 is 0. The highest BCUT2D eigenvalue weighted by atomic mass is 16.6. The van der Waals surface area contributed by atoms with Gasteiger partial charge < -0.3 is 15.6 Å². The van der Waals surface area contributed by atoms with Crippen LogP contribution in [0.4, 0.5) is 17.1 Å². The molecule has 0 spiro atoms. The molecule has 1 saturated heterocycles. The molecular formula is C30H28N6O3. The summed E-state index contributed by atoms with van der Waals surface area (Å²) in [5.41, 5.74) is 6.54. The van der Waals surface area contributed by atoms with E-state index in [2.05, 4.69) is 37.6 Å². The second-order valence-corrected chi connectivity index (χ2v) is 9.88. The lowest BCUT2D eigenvalue weighted by Crippen LogP contribution is -2.29. The van der Waals surface area contributed by atoms with Crippen molar-refractivity contribution in [2.75, 3.05) is 23.7 Å². The Morgan fingerprint density at radius 2 is 1.77 bits per heavy atom. The van der Waals surface area contributed by atoms with E-state index in [0.29, 0.717) is 22.5 Å². The Hall–Kier alpha value is -4.76. The van der Waals surface area contributed by atoms with Crippen molar-refractivity contribution in [3.05, 3.63) is 106 Å². The number of amides is 1. The minimum absolute atomic E-state index is 0.0673. The van der Waals surface area contributed by atoms with Crippen LogP contribution in [0.25, 0.3) is 22.5 Å². The molecule has 2 aliphatic heterocycles. The largest absolute Gasteiger partial charge is 0.354 e. The topological polar surface area (TPSA) is 116 Å². The quantitative estimate of drug-likeness (QED) is 0.159. The Bertz CT molecular complexity index is 1540. The Morgan fingerprint density at radius 3 is 2.46 bits per heavy atom. The summed E-state index contributed by atoms with van der Waals surface area (Å²) in [5.74, 6) is -0.307. The third kappa shape index (κ3) is 5.17. The molecule has 1 aromatic heterocycles. The number of non-ortho nitro benzene ring substituents is 1. The Kier molecular flexibility index (Phi) is 6.64. The molecule has 0 atom stereocenters. The number of hydrogen-bond acceptors (Lipinski definition) is 6. The van der Waals surface area contributed by atoms with Crippen LogP contribution in [-0.2, 0) is 11.3 Å². The van der Waals surface area contributed by atoms with Gasteiger partial charge in [0, 0.05) is 47.4 Å². The van der Waals surface area contributed by atoms with Crippen LogP contribution >= 0.6 is 0 Å². The zero-order valence-electron chi connectivity index (χ0n) is 21.3. The number of piperidine rings is 1. The maximum atomic E-state index is 13.3. The summed E-state index contributed by atoms with van der Waals surface area (Å²) in [6.07, 6.45) is 7.22. The molecule has 9 nitrogen and oxygen atoms in total. The fraction of sp³-hybridized carbons (Fsp3) is 0.200. The lowest BCUT2D eigenvalue weighted by atomic mass is 9.98. The first kappa shape index (κ1) is 24.6. The number of anilines is 2. The smallest absolute Gasteiger partial charge is 0.270 e. The first-order valence-electron chi connectivity index (χ1n) is 13.1. The van der Waals surface area contributed by atoms with E-state index < -0.39 is 4.92 Å². The van der Waals surface area contributed by atoms with Crippen LogP contribution in [0.15, 0.2) is 79.3 Å². The number of rotatable bonds is 7. The second kappa shape index (κ2) is 10.5. The fourth-order valence-electron chi connectivity index (χ4n) is 5.24. The molecule has 6 rings (SSSR count). The summed E-state index contributed by atoms with van der Waals surface area (Å²) in [4.78, 5) is 34.0. The van der Waals surface area contributed by atoms with Crippen molar-refractivity contribution in [2.45, 2.75) is 25.8 Å². The van der Waals surface area contributed by atoms with Gasteiger partial charge in [-0.05, 0) is 55.3 Å². The van der Waals surface area contributed by atoms with Crippen LogP contribution < -0.4 is 10.6 Å². The number of likely N-dealkylation sites (tertiary alicyclic amines) is 1. The Morgan fingerprint density at radius 1 is 1.00 bits per heavy atom. The van der Waals surface area contributed by atoms with E-state index in [9.17, 15) is 14.9 Å². The molecule has 0 radical (unpaired) electrons. The molecule has 9 heteroatoms. The number of imidazole rings is 1. The minimum Gasteiger partial charge on any atom is -0.354 e. The van der Waals surface area contributed by atoms with Gasteiger partial charge in [-0.25, -0.2) is 4.98 Å². The highest BCUT2D eigenvalue weighted by Gasteiger charge is 2.30. The standard InChI is InChI=1S/C30H28N6O3/c37-30-28(25-16-24(36(38)39)12-13-26(25)34-30)29(33-23-10-8-21(9-11-23)27-17-31-19-32-27)22-6-4-20(5-7-22)18-35-14-2-1-3-15-35/h4-13,16-17,19,33H,1-3,14-15,18H2,(H,31,32)(H,34,37)/b29-28-. The Balaban J connectivity index is 1.39. The molecule has 2 aliphatic rings. The van der Waals surface area contributed by atoms with Crippen LogP contribution in [0.5, 0.6) is 0 Å². The number of carbonyl (C=O) groups is 1. The molecular weight excluding hydrogens is 492 g/mol. The van der Waals surface area contributed by atoms with Gasteiger partial charge in [0.25, 0.3) is 11.6 Å². The lowest BCUT2D eigenvalue weighted by molar-refractivity contribution is -0.384. The predicted octanol–water partition coefficient (Wildman–Crippen LogP) is 5.90. The van der Waals surface area contributed by atoms with E-state index in [1.165, 1.54) is 37.0 Å². The number of aromatic nitrogens is 2. The number of carbonyl (C=O) groups excluding carboxylic acids is 1. The third-order valence-corrected chi connectivity index (χ3v) is 7.25. The van der Waals surface area contributed by atoms with Gasteiger partial charge in [-0.15, -0.1) is 0 Å². The monoisotopic (exact) mass is 520 g/mol. The van der Waals surface area contributed by atoms with E-state index in [0.717, 1.165) is 42.1 Å². The average Bonchev–Trinajstić information content (AvgIpc) is 3.61. The molecule has 0 bridgehead atoms. The molecule has 1 fully saturated rings. The number of benzene rings is 3. The van der Waals surface area contributed by atoms with Crippen molar-refractivity contribution in [3.8, 4) is 11.3 Å². The van der Waals surface area contributed by atoms with Crippen LogP contribution in [0.1, 0.15) is 36.0 Å². The highest BCUT2D eigenvalue weighted by Crippen LogP contribution is 2.39. The van der Waals surface area contributed by atoms with E-state index in [-0.39, 0.29) is 11.6 Å². The number of fused-ring (bicyclic) bond motifs is 1. The number of nitro benzene ring substituents is 1. The molecule has 3 N–H and O–H groups in total. The van der Waals surface area contributed by atoms with Crippen molar-refractivity contribution in [3.63, 3.8) is 0 Å². The molecule has 4 aromatic rings. The van der Waals surface area contributed by atoms with Crippen molar-refractivity contribution in [2.24, 2.45) is 0 Å². The van der Waals surface area contributed by atoms with E-state index >= 15 is 0 Å². The molecule has 39 heavy (non-hydrogen) atoms.